The summed E-state index contributed by atoms with van der Waals surface area (Å²) in [4.78, 5) is 17.5. The average molecular weight is 422 g/mol. The summed E-state index contributed by atoms with van der Waals surface area (Å²) >= 11 is 0. The quantitative estimate of drug-likeness (QED) is 0.651. The highest BCUT2D eigenvalue weighted by molar-refractivity contribution is 7.91. The second-order valence-electron chi connectivity index (χ2n) is 8.55. The number of carbonyl (C=O) groups is 1. The molecule has 0 saturated carbocycles. The van der Waals surface area contributed by atoms with Gasteiger partial charge in [-0.05, 0) is 50.3 Å². The Morgan fingerprint density at radius 2 is 1.86 bits per heavy atom. The fraction of sp³-hybridized carbons (Fsp3) is 0.682. The van der Waals surface area contributed by atoms with Gasteiger partial charge in [0.1, 0.15) is 6.04 Å². The molecule has 2 aliphatic rings. The monoisotopic (exact) mass is 421 g/mol. The Balaban J connectivity index is 1.49. The SMILES string of the molecule is CC1CCCN(CCCCNC(=O)C(c2ccccc2)N2CCS(=O)(=O)CC2)C1. The van der Waals surface area contributed by atoms with Gasteiger partial charge in [-0.25, -0.2) is 8.42 Å². The highest BCUT2D eigenvalue weighted by Gasteiger charge is 2.32. The first-order valence-electron chi connectivity index (χ1n) is 10.9. The summed E-state index contributed by atoms with van der Waals surface area (Å²) in [5, 5.41) is 3.10. The van der Waals surface area contributed by atoms with Gasteiger partial charge in [-0.2, -0.15) is 0 Å². The number of unbranched alkanes of at least 4 members (excludes halogenated alkanes) is 1. The van der Waals surface area contributed by atoms with E-state index in [2.05, 4.69) is 17.1 Å². The number of sulfone groups is 1. The van der Waals surface area contributed by atoms with Crippen molar-refractivity contribution < 1.29 is 13.2 Å². The Bertz CT molecular complexity index is 740. The van der Waals surface area contributed by atoms with Crippen LogP contribution in [-0.2, 0) is 14.6 Å². The highest BCUT2D eigenvalue weighted by atomic mass is 32.2. The summed E-state index contributed by atoms with van der Waals surface area (Å²) < 4.78 is 23.6. The van der Waals surface area contributed by atoms with Gasteiger partial charge in [-0.3, -0.25) is 9.69 Å². The molecule has 2 atom stereocenters. The van der Waals surface area contributed by atoms with E-state index in [4.69, 9.17) is 0 Å². The molecule has 162 valence electrons. The lowest BCUT2D eigenvalue weighted by Crippen LogP contribution is -2.47. The molecule has 2 fully saturated rings. The van der Waals surface area contributed by atoms with E-state index in [1.54, 1.807) is 0 Å². The minimum atomic E-state index is -2.97. The molecular formula is C22H35N3O3S. The number of nitrogens with zero attached hydrogens (tertiary/aromatic N) is 2. The first-order valence-corrected chi connectivity index (χ1v) is 12.8. The molecule has 29 heavy (non-hydrogen) atoms. The summed E-state index contributed by atoms with van der Waals surface area (Å²) in [5.41, 5.74) is 0.923. The Labute approximate surface area is 175 Å². The molecule has 2 heterocycles. The summed E-state index contributed by atoms with van der Waals surface area (Å²) in [6.45, 7) is 7.29. The number of nitrogens with one attached hydrogen (secondary N) is 1. The van der Waals surface area contributed by atoms with Crippen molar-refractivity contribution in [2.24, 2.45) is 5.92 Å². The Morgan fingerprint density at radius 3 is 2.55 bits per heavy atom. The van der Waals surface area contributed by atoms with Crippen molar-refractivity contribution in [3.63, 3.8) is 0 Å². The predicted molar refractivity (Wildman–Crippen MR) is 116 cm³/mol. The van der Waals surface area contributed by atoms with E-state index >= 15 is 0 Å². The van der Waals surface area contributed by atoms with Crippen LogP contribution in [0.2, 0.25) is 0 Å². The van der Waals surface area contributed by atoms with Crippen LogP contribution in [0.4, 0.5) is 0 Å². The van der Waals surface area contributed by atoms with Crippen molar-refractivity contribution in [3.05, 3.63) is 35.9 Å². The van der Waals surface area contributed by atoms with Gasteiger partial charge >= 0.3 is 0 Å². The predicted octanol–water partition coefficient (Wildman–Crippen LogP) is 2.09. The van der Waals surface area contributed by atoms with Gasteiger partial charge in [0.25, 0.3) is 0 Å². The van der Waals surface area contributed by atoms with Gasteiger partial charge in [0, 0.05) is 26.2 Å². The smallest absolute Gasteiger partial charge is 0.241 e. The maximum atomic E-state index is 13.0. The molecule has 0 spiro atoms. The minimum absolute atomic E-state index is 0.0258. The largest absolute Gasteiger partial charge is 0.354 e. The lowest BCUT2D eigenvalue weighted by atomic mass is 10.0. The lowest BCUT2D eigenvalue weighted by molar-refractivity contribution is -0.126. The van der Waals surface area contributed by atoms with E-state index in [0.717, 1.165) is 30.9 Å². The van der Waals surface area contributed by atoms with E-state index in [1.165, 1.54) is 25.9 Å². The number of rotatable bonds is 8. The van der Waals surface area contributed by atoms with Crippen LogP contribution in [0.5, 0.6) is 0 Å². The first kappa shape index (κ1) is 22.2. The topological polar surface area (TPSA) is 69.7 Å². The lowest BCUT2D eigenvalue weighted by Gasteiger charge is -2.33. The number of hydrogen-bond acceptors (Lipinski definition) is 5. The van der Waals surface area contributed by atoms with Gasteiger partial charge in [0.05, 0.1) is 11.5 Å². The molecule has 0 aromatic heterocycles. The molecule has 6 nitrogen and oxygen atoms in total. The molecule has 1 amide bonds. The van der Waals surface area contributed by atoms with Crippen molar-refractivity contribution in [3.8, 4) is 0 Å². The zero-order valence-corrected chi connectivity index (χ0v) is 18.4. The minimum Gasteiger partial charge on any atom is -0.354 e. The molecule has 7 heteroatoms. The van der Waals surface area contributed by atoms with Crippen molar-refractivity contribution in [2.45, 2.75) is 38.6 Å². The van der Waals surface area contributed by atoms with Crippen LogP contribution < -0.4 is 5.32 Å². The van der Waals surface area contributed by atoms with E-state index in [-0.39, 0.29) is 17.4 Å². The molecule has 2 saturated heterocycles. The van der Waals surface area contributed by atoms with E-state index in [1.807, 2.05) is 35.2 Å². The maximum Gasteiger partial charge on any atom is 0.241 e. The average Bonchev–Trinajstić information content (AvgIpc) is 2.70. The second-order valence-corrected chi connectivity index (χ2v) is 10.9. The Kier molecular flexibility index (Phi) is 8.09. The standard InChI is InChI=1S/C22H35N3O3S/c1-19-8-7-13-24(18-19)12-6-5-11-23-22(26)21(20-9-3-2-4-10-20)25-14-16-29(27,28)17-15-25/h2-4,9-10,19,21H,5-8,11-18H2,1H3,(H,23,26). The van der Waals surface area contributed by atoms with E-state index in [9.17, 15) is 13.2 Å². The van der Waals surface area contributed by atoms with Crippen molar-refractivity contribution in [1.82, 2.24) is 15.1 Å². The van der Waals surface area contributed by atoms with Crippen LogP contribution in [0.15, 0.2) is 30.3 Å². The molecule has 0 aliphatic carbocycles. The molecule has 3 rings (SSSR count). The first-order chi connectivity index (χ1) is 13.9. The van der Waals surface area contributed by atoms with Crippen LogP contribution in [0.1, 0.15) is 44.2 Å². The van der Waals surface area contributed by atoms with Crippen LogP contribution in [0, 0.1) is 5.92 Å². The van der Waals surface area contributed by atoms with Gasteiger partial charge in [0.2, 0.25) is 5.91 Å². The molecule has 0 bridgehead atoms. The number of amides is 1. The van der Waals surface area contributed by atoms with Gasteiger partial charge in [-0.1, -0.05) is 37.3 Å². The third kappa shape index (κ3) is 6.79. The number of carbonyl (C=O) groups excluding carboxylic acids is 1. The molecule has 1 aromatic rings. The summed E-state index contributed by atoms with van der Waals surface area (Å²) in [5.74, 6) is 1.01. The van der Waals surface area contributed by atoms with Gasteiger partial charge < -0.3 is 10.2 Å². The summed E-state index contributed by atoms with van der Waals surface area (Å²) in [7, 11) is -2.97. The highest BCUT2D eigenvalue weighted by Crippen LogP contribution is 2.23. The maximum absolute atomic E-state index is 13.0. The molecule has 2 aliphatic heterocycles. The normalized spacial score (nSPS) is 24.1. The van der Waals surface area contributed by atoms with Crippen molar-refractivity contribution in [1.29, 1.82) is 0 Å². The zero-order chi connectivity index (χ0) is 20.7. The van der Waals surface area contributed by atoms with Crippen LogP contribution >= 0.6 is 0 Å². The van der Waals surface area contributed by atoms with E-state index < -0.39 is 15.9 Å². The fourth-order valence-corrected chi connectivity index (χ4v) is 5.64. The van der Waals surface area contributed by atoms with Crippen molar-refractivity contribution in [2.75, 3.05) is 50.8 Å². The van der Waals surface area contributed by atoms with E-state index in [0.29, 0.717) is 19.6 Å². The molecule has 0 radical (unpaired) electrons. The Morgan fingerprint density at radius 1 is 1.14 bits per heavy atom. The summed E-state index contributed by atoms with van der Waals surface area (Å²) in [6.07, 6.45) is 4.69. The molecular weight excluding hydrogens is 386 g/mol. The van der Waals surface area contributed by atoms with Crippen molar-refractivity contribution >= 4 is 15.7 Å². The number of hydrogen-bond donors (Lipinski definition) is 1. The Hall–Kier alpha value is -1.44. The van der Waals surface area contributed by atoms with Gasteiger partial charge in [0.15, 0.2) is 9.84 Å². The third-order valence-electron chi connectivity index (χ3n) is 6.05. The molecule has 1 N–H and O–H groups in total. The third-order valence-corrected chi connectivity index (χ3v) is 7.66. The number of piperidine rings is 1. The summed E-state index contributed by atoms with van der Waals surface area (Å²) in [6, 6.07) is 9.26. The number of benzene rings is 1. The molecule has 1 aromatic carbocycles. The number of likely N-dealkylation sites (tertiary alicyclic amines) is 1. The zero-order valence-electron chi connectivity index (χ0n) is 17.6. The molecule has 2 unspecified atom stereocenters. The fourth-order valence-electron chi connectivity index (χ4n) is 4.41. The van der Waals surface area contributed by atoms with Crippen LogP contribution in [-0.4, -0.2) is 74.9 Å². The van der Waals surface area contributed by atoms with Crippen LogP contribution in [0.25, 0.3) is 0 Å². The van der Waals surface area contributed by atoms with Gasteiger partial charge in [-0.15, -0.1) is 0 Å². The van der Waals surface area contributed by atoms with Crippen LogP contribution in [0.3, 0.4) is 0 Å². The second kappa shape index (κ2) is 10.5.